The number of hydrogen-bond donors (Lipinski definition) is 0. The zero-order valence-corrected chi connectivity index (χ0v) is 46.4. The molecule has 0 fully saturated rings. The van der Waals surface area contributed by atoms with Crippen molar-refractivity contribution in [1.29, 1.82) is 0 Å². The lowest BCUT2D eigenvalue weighted by Crippen LogP contribution is -2.25. The van der Waals surface area contributed by atoms with Crippen molar-refractivity contribution >= 4 is 66.4 Å². The van der Waals surface area contributed by atoms with Crippen LogP contribution in [0.3, 0.4) is 0 Å². The van der Waals surface area contributed by atoms with Crippen molar-refractivity contribution in [1.82, 2.24) is 0 Å². The molecule has 12 aromatic carbocycles. The second-order valence-corrected chi connectivity index (χ2v) is 24.3. The summed E-state index contributed by atoms with van der Waals surface area (Å²) in [6.07, 6.45) is 2.93. The number of anilines is 6. The van der Waals surface area contributed by atoms with Gasteiger partial charge in [-0.05, 0) is 156 Å². The molecule has 0 bridgehead atoms. The number of fused-ring (bicyclic) bond motifs is 6. The fourth-order valence-corrected chi connectivity index (χ4v) is 15.0. The monoisotopic (exact) mass is 1020 g/mol. The Morgan fingerprint density at radius 2 is 0.785 bits per heavy atom. The summed E-state index contributed by atoms with van der Waals surface area (Å²) in [6.45, 7) is 17.1. The molecule has 0 spiro atoms. The van der Waals surface area contributed by atoms with Gasteiger partial charge in [0.05, 0.1) is 34.1 Å². The molecule has 382 valence electrons. The van der Waals surface area contributed by atoms with E-state index in [1.165, 1.54) is 150 Å². The molecule has 0 N–H and O–H groups in total. The zero-order chi connectivity index (χ0) is 53.5. The lowest BCUT2D eigenvalue weighted by atomic mass is 9.70. The normalized spacial score (nSPS) is 15.0. The molecule has 79 heavy (non-hydrogen) atoms. The first kappa shape index (κ1) is 47.5. The number of aryl methyl sites for hydroxylation is 2. The first-order chi connectivity index (χ1) is 38.5. The van der Waals surface area contributed by atoms with Gasteiger partial charge in [-0.2, -0.15) is 0 Å². The average Bonchev–Trinajstić information content (AvgIpc) is 3.98. The topological polar surface area (TPSA) is 6.48 Å². The maximum Gasteiger partial charge on any atom is 0.0543 e. The first-order valence-electron chi connectivity index (χ1n) is 28.6. The van der Waals surface area contributed by atoms with E-state index >= 15 is 0 Å². The molecule has 0 amide bonds. The van der Waals surface area contributed by atoms with Gasteiger partial charge in [0.1, 0.15) is 0 Å². The van der Waals surface area contributed by atoms with Crippen molar-refractivity contribution in [2.75, 3.05) is 9.80 Å². The van der Waals surface area contributed by atoms with Gasteiger partial charge in [0.15, 0.2) is 0 Å². The number of hydrogen-bond acceptors (Lipinski definition) is 2. The molecule has 0 atom stereocenters. The predicted octanol–water partition coefficient (Wildman–Crippen LogP) is 21.3. The highest BCUT2D eigenvalue weighted by Gasteiger charge is 2.42. The Morgan fingerprint density at radius 3 is 1.32 bits per heavy atom. The van der Waals surface area contributed by atoms with Crippen molar-refractivity contribution in [3.05, 3.63) is 263 Å². The molecule has 2 nitrogen and oxygen atoms in total. The fraction of sp³-hybridized carbons (Fsp3) is 0.169. The Labute approximate surface area is 465 Å². The Kier molecular flexibility index (Phi) is 10.5. The van der Waals surface area contributed by atoms with Crippen LogP contribution in [0.25, 0.3) is 76.8 Å². The van der Waals surface area contributed by atoms with Crippen LogP contribution in [0, 0.1) is 0 Å². The van der Waals surface area contributed by atoms with E-state index in [2.05, 4.69) is 283 Å². The van der Waals surface area contributed by atoms with Crippen LogP contribution in [0.2, 0.25) is 0 Å². The summed E-state index contributed by atoms with van der Waals surface area (Å²) in [6, 6.07) is 85.4. The van der Waals surface area contributed by atoms with E-state index in [4.69, 9.17) is 0 Å². The molecular weight excluding hydrogens is 953 g/mol. The fourth-order valence-electron chi connectivity index (χ4n) is 15.0. The third-order valence-corrected chi connectivity index (χ3v) is 18.8. The second kappa shape index (κ2) is 17.4. The molecular formula is C77H64N2. The Balaban J connectivity index is 1.09. The smallest absolute Gasteiger partial charge is 0.0543 e. The Hall–Kier alpha value is -8.72. The SMILES string of the molecule is CCc1cc(N(c2ccccc2-c2ccccc2)c2cccc3c2C(C)(C)c2ccccc2-3)c2cc3c4c(cc(N(c5ccccc5-c5ccccc5)c5cccc6c5C(C)(C)c5ccccc5-6)c5ccc1c2c54)CCC3(C)C. The minimum Gasteiger partial charge on any atom is -0.309 e. The maximum atomic E-state index is 2.68. The molecule has 0 radical (unpaired) electrons. The molecule has 0 aliphatic heterocycles. The van der Waals surface area contributed by atoms with Gasteiger partial charge < -0.3 is 9.80 Å². The van der Waals surface area contributed by atoms with Crippen LogP contribution in [-0.4, -0.2) is 0 Å². The molecule has 3 aliphatic carbocycles. The lowest BCUT2D eigenvalue weighted by molar-refractivity contribution is 0.475. The van der Waals surface area contributed by atoms with Crippen molar-refractivity contribution in [2.24, 2.45) is 0 Å². The third kappa shape index (κ3) is 6.83. The Bertz CT molecular complexity index is 4440. The highest BCUT2D eigenvalue weighted by molar-refractivity contribution is 6.30. The molecule has 0 heterocycles. The summed E-state index contributed by atoms with van der Waals surface area (Å²) in [5.41, 5.74) is 26.4. The number of para-hydroxylation sites is 2. The first-order valence-corrected chi connectivity index (χ1v) is 28.6. The molecule has 0 unspecified atom stereocenters. The molecule has 3 aliphatic rings. The van der Waals surface area contributed by atoms with E-state index in [-0.39, 0.29) is 16.2 Å². The predicted molar refractivity (Wildman–Crippen MR) is 336 cm³/mol. The van der Waals surface area contributed by atoms with E-state index in [9.17, 15) is 0 Å². The minimum absolute atomic E-state index is 0.0813. The zero-order valence-electron chi connectivity index (χ0n) is 46.4. The van der Waals surface area contributed by atoms with Crippen LogP contribution in [0.15, 0.2) is 224 Å². The van der Waals surface area contributed by atoms with E-state index < -0.39 is 0 Å². The van der Waals surface area contributed by atoms with Gasteiger partial charge >= 0.3 is 0 Å². The van der Waals surface area contributed by atoms with Gasteiger partial charge in [-0.3, -0.25) is 0 Å². The van der Waals surface area contributed by atoms with Crippen LogP contribution >= 0.6 is 0 Å². The van der Waals surface area contributed by atoms with Gasteiger partial charge in [0, 0.05) is 38.1 Å². The molecule has 15 rings (SSSR count). The van der Waals surface area contributed by atoms with Crippen molar-refractivity contribution in [3.8, 4) is 44.5 Å². The van der Waals surface area contributed by atoms with E-state index in [0.717, 1.165) is 19.3 Å². The molecule has 2 heteroatoms. The van der Waals surface area contributed by atoms with E-state index in [0.29, 0.717) is 0 Å². The van der Waals surface area contributed by atoms with Gasteiger partial charge in [-0.25, -0.2) is 0 Å². The summed E-state index contributed by atoms with van der Waals surface area (Å²) >= 11 is 0. The summed E-state index contributed by atoms with van der Waals surface area (Å²) in [7, 11) is 0. The summed E-state index contributed by atoms with van der Waals surface area (Å²) in [5.74, 6) is 0. The molecule has 0 aromatic heterocycles. The Morgan fingerprint density at radius 1 is 0.342 bits per heavy atom. The van der Waals surface area contributed by atoms with Gasteiger partial charge in [-0.15, -0.1) is 0 Å². The average molecular weight is 1020 g/mol. The van der Waals surface area contributed by atoms with Crippen molar-refractivity contribution in [3.63, 3.8) is 0 Å². The minimum atomic E-state index is -0.259. The number of benzene rings is 12. The van der Waals surface area contributed by atoms with E-state index in [1.54, 1.807) is 0 Å². The highest BCUT2D eigenvalue weighted by atomic mass is 15.2. The lowest BCUT2D eigenvalue weighted by Gasteiger charge is -2.38. The highest BCUT2D eigenvalue weighted by Crippen LogP contribution is 2.60. The maximum absolute atomic E-state index is 2.68. The van der Waals surface area contributed by atoms with Crippen molar-refractivity contribution < 1.29 is 0 Å². The summed E-state index contributed by atoms with van der Waals surface area (Å²) in [5, 5.41) is 8.07. The van der Waals surface area contributed by atoms with Crippen molar-refractivity contribution in [2.45, 2.75) is 84.0 Å². The van der Waals surface area contributed by atoms with E-state index in [1.807, 2.05) is 0 Å². The number of rotatable bonds is 9. The van der Waals surface area contributed by atoms with Crippen LogP contribution in [0.1, 0.15) is 93.8 Å². The van der Waals surface area contributed by atoms with Crippen LogP contribution in [-0.2, 0) is 29.1 Å². The van der Waals surface area contributed by atoms with Crippen LogP contribution in [0.5, 0.6) is 0 Å². The molecule has 0 saturated carbocycles. The van der Waals surface area contributed by atoms with Crippen LogP contribution < -0.4 is 9.80 Å². The summed E-state index contributed by atoms with van der Waals surface area (Å²) in [4.78, 5) is 5.35. The van der Waals surface area contributed by atoms with Gasteiger partial charge in [0.25, 0.3) is 0 Å². The molecule has 12 aromatic rings. The molecule has 0 saturated heterocycles. The second-order valence-electron chi connectivity index (χ2n) is 24.3. The van der Waals surface area contributed by atoms with Crippen LogP contribution in [0.4, 0.5) is 34.1 Å². The quantitative estimate of drug-likeness (QED) is 0.133. The third-order valence-electron chi connectivity index (χ3n) is 18.8. The number of nitrogens with zero attached hydrogens (tertiary/aromatic N) is 2. The standard InChI is InChI=1S/C77H64N2/c1-8-48-45-69(79(65-38-22-18-30-53(65)50-27-13-10-14-28-50)67-40-24-34-58-56-32-16-20-36-62(56)77(6,7)74(58)67)60-47-63-70-51(43-44-75(63,2)3)46-68(59-42-41-54(48)71(60)72(59)70)78(64-37-21-17-29-52(64)49-25-11-9-12-26-49)66-39-23-33-57-55-31-15-19-35-61(55)76(4,5)73(57)66/h9-42,45-47H,8,43-44H2,1-7H3. The summed E-state index contributed by atoms with van der Waals surface area (Å²) < 4.78 is 0. The van der Waals surface area contributed by atoms with Gasteiger partial charge in [0.2, 0.25) is 0 Å². The largest absolute Gasteiger partial charge is 0.309 e. The van der Waals surface area contributed by atoms with Gasteiger partial charge in [-0.1, -0.05) is 230 Å².